The van der Waals surface area contributed by atoms with Gasteiger partial charge in [-0.05, 0) is 30.3 Å². The Morgan fingerprint density at radius 3 is 2.60 bits per heavy atom. The number of hydrogen-bond donors (Lipinski definition) is 1. The molecule has 0 spiro atoms. The Labute approximate surface area is 122 Å². The van der Waals surface area contributed by atoms with Crippen LogP contribution in [0.15, 0.2) is 48.5 Å². The molecule has 0 bridgehead atoms. The van der Waals surface area contributed by atoms with E-state index in [2.05, 4.69) is 53.3 Å². The van der Waals surface area contributed by atoms with Crippen LogP contribution in [0.3, 0.4) is 0 Å². The van der Waals surface area contributed by atoms with Crippen molar-refractivity contribution in [2.75, 3.05) is 12.8 Å². The van der Waals surface area contributed by atoms with Crippen LogP contribution in [-0.4, -0.2) is 16.9 Å². The third-order valence-corrected chi connectivity index (χ3v) is 4.06. The molecule has 0 aliphatic rings. The van der Waals surface area contributed by atoms with Gasteiger partial charge in [-0.3, -0.25) is 4.90 Å². The minimum atomic E-state index is 0.634. The maximum atomic E-state index is 5.74. The molecule has 2 aromatic carbocycles. The predicted octanol–water partition coefficient (Wildman–Crippen LogP) is 3.51. The Balaban J connectivity index is 1.72. The lowest BCUT2D eigenvalue weighted by atomic mass is 10.2. The van der Waals surface area contributed by atoms with Gasteiger partial charge in [0.1, 0.15) is 0 Å². The second-order valence-electron chi connectivity index (χ2n) is 5.01. The maximum absolute atomic E-state index is 5.74. The van der Waals surface area contributed by atoms with E-state index in [1.807, 2.05) is 12.1 Å². The molecule has 20 heavy (non-hydrogen) atoms. The molecule has 0 radical (unpaired) electrons. The fraction of sp³-hybridized carbons (Fsp3) is 0.188. The molecule has 0 aliphatic heterocycles. The van der Waals surface area contributed by atoms with Crippen molar-refractivity contribution >= 4 is 26.7 Å². The van der Waals surface area contributed by atoms with Crippen LogP contribution in [0, 0.1) is 0 Å². The number of fused-ring (bicyclic) bond motifs is 1. The number of hydrogen-bond acceptors (Lipinski definition) is 4. The summed E-state index contributed by atoms with van der Waals surface area (Å²) < 4.78 is 1.16. The van der Waals surface area contributed by atoms with Gasteiger partial charge in [0.05, 0.1) is 10.2 Å². The first-order chi connectivity index (χ1) is 9.70. The SMILES string of the molecule is CN(Cc1ccccc1)Cc1ccc2nc(N)sc2c1. The molecule has 3 rings (SSSR count). The van der Waals surface area contributed by atoms with Gasteiger partial charge in [-0.25, -0.2) is 4.98 Å². The van der Waals surface area contributed by atoms with Crippen LogP contribution in [0.5, 0.6) is 0 Å². The first-order valence-electron chi connectivity index (χ1n) is 6.58. The van der Waals surface area contributed by atoms with Gasteiger partial charge < -0.3 is 5.73 Å². The molecule has 4 heteroatoms. The Bertz CT molecular complexity index is 706. The Kier molecular flexibility index (Phi) is 3.67. The topological polar surface area (TPSA) is 42.2 Å². The van der Waals surface area contributed by atoms with Gasteiger partial charge in [-0.15, -0.1) is 0 Å². The maximum Gasteiger partial charge on any atom is 0.181 e. The second-order valence-corrected chi connectivity index (χ2v) is 6.07. The van der Waals surface area contributed by atoms with Gasteiger partial charge in [0, 0.05) is 13.1 Å². The van der Waals surface area contributed by atoms with Crippen molar-refractivity contribution in [3.05, 3.63) is 59.7 Å². The van der Waals surface area contributed by atoms with Gasteiger partial charge in [-0.1, -0.05) is 47.7 Å². The summed E-state index contributed by atoms with van der Waals surface area (Å²) in [6, 6.07) is 16.9. The highest BCUT2D eigenvalue weighted by Crippen LogP contribution is 2.25. The predicted molar refractivity (Wildman–Crippen MR) is 85.6 cm³/mol. The van der Waals surface area contributed by atoms with Crippen molar-refractivity contribution in [2.45, 2.75) is 13.1 Å². The first kappa shape index (κ1) is 13.1. The molecule has 0 atom stereocenters. The highest BCUT2D eigenvalue weighted by molar-refractivity contribution is 7.22. The normalized spacial score (nSPS) is 11.3. The van der Waals surface area contributed by atoms with Crippen LogP contribution < -0.4 is 5.73 Å². The van der Waals surface area contributed by atoms with Crippen molar-refractivity contribution in [1.29, 1.82) is 0 Å². The quantitative estimate of drug-likeness (QED) is 0.796. The van der Waals surface area contributed by atoms with E-state index in [0.717, 1.165) is 23.3 Å². The molecule has 102 valence electrons. The average Bonchev–Trinajstić information content (AvgIpc) is 2.79. The molecule has 0 fully saturated rings. The second kappa shape index (κ2) is 5.61. The lowest BCUT2D eigenvalue weighted by Crippen LogP contribution is -2.17. The summed E-state index contributed by atoms with van der Waals surface area (Å²) in [6.45, 7) is 1.87. The van der Waals surface area contributed by atoms with Crippen molar-refractivity contribution in [2.24, 2.45) is 0 Å². The van der Waals surface area contributed by atoms with Crippen LogP contribution >= 0.6 is 11.3 Å². The first-order valence-corrected chi connectivity index (χ1v) is 7.40. The number of thiazole rings is 1. The zero-order chi connectivity index (χ0) is 13.9. The standard InChI is InChI=1S/C16H17N3S/c1-19(10-12-5-3-2-4-6-12)11-13-7-8-14-15(9-13)20-16(17)18-14/h2-9H,10-11H2,1H3,(H2,17,18). The number of rotatable bonds is 4. The number of benzene rings is 2. The monoisotopic (exact) mass is 283 g/mol. The van der Waals surface area contributed by atoms with Crippen molar-refractivity contribution in [1.82, 2.24) is 9.88 Å². The summed E-state index contributed by atoms with van der Waals surface area (Å²) in [7, 11) is 2.14. The van der Waals surface area contributed by atoms with Crippen LogP contribution in [0.2, 0.25) is 0 Å². The summed E-state index contributed by atoms with van der Waals surface area (Å²) in [5.74, 6) is 0. The lowest BCUT2D eigenvalue weighted by Gasteiger charge is -2.16. The van der Waals surface area contributed by atoms with Crippen LogP contribution in [-0.2, 0) is 13.1 Å². The van der Waals surface area contributed by atoms with Crippen LogP contribution in [0.4, 0.5) is 5.13 Å². The minimum Gasteiger partial charge on any atom is -0.375 e. The molecular formula is C16H17N3S. The van der Waals surface area contributed by atoms with Gasteiger partial charge in [0.2, 0.25) is 0 Å². The van der Waals surface area contributed by atoms with Crippen LogP contribution in [0.1, 0.15) is 11.1 Å². The third-order valence-electron chi connectivity index (χ3n) is 3.22. The molecule has 0 saturated heterocycles. The van der Waals surface area contributed by atoms with E-state index < -0.39 is 0 Å². The molecule has 2 N–H and O–H groups in total. The highest BCUT2D eigenvalue weighted by Gasteiger charge is 2.05. The molecule has 1 aromatic heterocycles. The van der Waals surface area contributed by atoms with Crippen molar-refractivity contribution < 1.29 is 0 Å². The number of nitrogens with two attached hydrogens (primary N) is 1. The van der Waals surface area contributed by atoms with E-state index >= 15 is 0 Å². The zero-order valence-electron chi connectivity index (χ0n) is 11.4. The Hall–Kier alpha value is -1.91. The van der Waals surface area contributed by atoms with Gasteiger partial charge in [0.15, 0.2) is 5.13 Å². The minimum absolute atomic E-state index is 0.634. The number of nitrogen functional groups attached to an aromatic ring is 1. The number of aromatic nitrogens is 1. The number of anilines is 1. The zero-order valence-corrected chi connectivity index (χ0v) is 12.2. The fourth-order valence-corrected chi connectivity index (χ4v) is 3.15. The van der Waals surface area contributed by atoms with Crippen molar-refractivity contribution in [3.63, 3.8) is 0 Å². The summed E-state index contributed by atoms with van der Waals surface area (Å²) in [5, 5.41) is 0.634. The molecule has 0 unspecified atom stereocenters. The average molecular weight is 283 g/mol. The molecular weight excluding hydrogens is 266 g/mol. The van der Waals surface area contributed by atoms with E-state index in [9.17, 15) is 0 Å². The van der Waals surface area contributed by atoms with Crippen molar-refractivity contribution in [3.8, 4) is 0 Å². The Morgan fingerprint density at radius 2 is 1.80 bits per heavy atom. The summed E-state index contributed by atoms with van der Waals surface area (Å²) in [4.78, 5) is 6.59. The summed E-state index contributed by atoms with van der Waals surface area (Å²) in [6.07, 6.45) is 0. The van der Waals surface area contributed by atoms with Gasteiger partial charge in [0.25, 0.3) is 0 Å². The van der Waals surface area contributed by atoms with Crippen LogP contribution in [0.25, 0.3) is 10.2 Å². The van der Waals surface area contributed by atoms with E-state index in [4.69, 9.17) is 5.73 Å². The number of nitrogens with zero attached hydrogens (tertiary/aromatic N) is 2. The van der Waals surface area contributed by atoms with Gasteiger partial charge in [-0.2, -0.15) is 0 Å². The molecule has 1 heterocycles. The van der Waals surface area contributed by atoms with E-state index in [1.54, 1.807) is 11.3 Å². The van der Waals surface area contributed by atoms with E-state index in [1.165, 1.54) is 11.1 Å². The molecule has 0 saturated carbocycles. The molecule has 3 nitrogen and oxygen atoms in total. The largest absolute Gasteiger partial charge is 0.375 e. The molecule has 3 aromatic rings. The van der Waals surface area contributed by atoms with E-state index in [-0.39, 0.29) is 0 Å². The lowest BCUT2D eigenvalue weighted by molar-refractivity contribution is 0.319. The third kappa shape index (κ3) is 2.98. The van der Waals surface area contributed by atoms with Gasteiger partial charge >= 0.3 is 0 Å². The van der Waals surface area contributed by atoms with E-state index in [0.29, 0.717) is 5.13 Å². The molecule has 0 aliphatic carbocycles. The molecule has 0 amide bonds. The summed E-state index contributed by atoms with van der Waals surface area (Å²) >= 11 is 1.55. The highest BCUT2D eigenvalue weighted by atomic mass is 32.1. The summed E-state index contributed by atoms with van der Waals surface area (Å²) in [5.41, 5.74) is 9.35. The fourth-order valence-electron chi connectivity index (χ4n) is 2.35. The Morgan fingerprint density at radius 1 is 1.05 bits per heavy atom. The smallest absolute Gasteiger partial charge is 0.181 e.